The normalized spacial score (nSPS) is 11.8. The van der Waals surface area contributed by atoms with Gasteiger partial charge >= 0.3 is 12.4 Å². The van der Waals surface area contributed by atoms with E-state index in [1.54, 1.807) is 0 Å². The first-order valence-corrected chi connectivity index (χ1v) is 8.12. The fourth-order valence-corrected chi connectivity index (χ4v) is 2.40. The zero-order chi connectivity index (χ0) is 23.4. The predicted molar refractivity (Wildman–Crippen MR) is 92.2 cm³/mol. The first-order chi connectivity index (χ1) is 13.6. The number of hydrogen-bond acceptors (Lipinski definition) is 5. The highest BCUT2D eigenvalue weighted by atomic mass is 19.4. The van der Waals surface area contributed by atoms with Gasteiger partial charge in [0.2, 0.25) is 10.9 Å². The zero-order valence-corrected chi connectivity index (χ0v) is 15.7. The van der Waals surface area contributed by atoms with E-state index in [9.17, 15) is 41.0 Å². The predicted octanol–water partition coefficient (Wildman–Crippen LogP) is 2.34. The Hall–Kier alpha value is -2.96. The van der Waals surface area contributed by atoms with Crippen molar-refractivity contribution in [2.24, 2.45) is 0 Å². The summed E-state index contributed by atoms with van der Waals surface area (Å²) < 4.78 is 74.0. The lowest BCUT2D eigenvalue weighted by atomic mass is 10.2. The number of nitrogens with zero attached hydrogens (tertiary/aromatic N) is 2. The quantitative estimate of drug-likeness (QED) is 0.631. The summed E-state index contributed by atoms with van der Waals surface area (Å²) in [5.41, 5.74) is -1.72. The molecule has 30 heavy (non-hydrogen) atoms. The number of aryl methyl sites for hydroxylation is 2. The van der Waals surface area contributed by atoms with Crippen molar-refractivity contribution in [2.75, 3.05) is 0 Å². The number of hydrogen-bond donors (Lipinski definition) is 3. The Morgan fingerprint density at radius 1 is 0.867 bits per heavy atom. The van der Waals surface area contributed by atoms with Crippen molar-refractivity contribution >= 4 is 0 Å². The van der Waals surface area contributed by atoms with E-state index in [2.05, 4.69) is 0 Å². The summed E-state index contributed by atoms with van der Waals surface area (Å²) in [6.45, 7) is -0.744. The molecule has 2 heterocycles. The molecule has 0 radical (unpaired) electrons. The third kappa shape index (κ3) is 7.13. The molecule has 0 bridgehead atoms. The van der Waals surface area contributed by atoms with Gasteiger partial charge in [0.05, 0.1) is 18.5 Å². The number of aliphatic hydroxyl groups is 1. The van der Waals surface area contributed by atoms with E-state index in [1.165, 1.54) is 13.8 Å². The monoisotopic (exact) mass is 444 g/mol. The Morgan fingerprint density at radius 3 is 1.83 bits per heavy atom. The Bertz CT molecular complexity index is 1010. The Morgan fingerprint density at radius 2 is 1.37 bits per heavy atom. The lowest BCUT2D eigenvalue weighted by molar-refractivity contribution is -0.142. The van der Waals surface area contributed by atoms with Gasteiger partial charge < -0.3 is 24.5 Å². The van der Waals surface area contributed by atoms with Gasteiger partial charge in [0.25, 0.3) is 0 Å². The van der Waals surface area contributed by atoms with Gasteiger partial charge in [-0.1, -0.05) is 0 Å². The lowest BCUT2D eigenvalue weighted by Gasteiger charge is -2.17. The second kappa shape index (κ2) is 9.24. The maximum Gasteiger partial charge on any atom is 0.406 e. The first-order valence-electron chi connectivity index (χ1n) is 8.12. The smallest absolute Gasteiger partial charge is 0.406 e. The van der Waals surface area contributed by atoms with Gasteiger partial charge in [0.15, 0.2) is 11.5 Å². The molecule has 3 N–H and O–H groups in total. The van der Waals surface area contributed by atoms with Crippen LogP contribution in [0.15, 0.2) is 27.9 Å². The van der Waals surface area contributed by atoms with Crippen LogP contribution in [0.1, 0.15) is 17.1 Å². The van der Waals surface area contributed by atoms with Crippen molar-refractivity contribution < 1.29 is 41.7 Å². The summed E-state index contributed by atoms with van der Waals surface area (Å²) in [6.07, 6.45) is -8.08. The minimum atomic E-state index is -4.49. The van der Waals surface area contributed by atoms with Crippen LogP contribution in [0.5, 0.6) is 11.5 Å². The fraction of sp³-hybridized carbons (Fsp3) is 0.412. The van der Waals surface area contributed by atoms with Gasteiger partial charge in [-0.15, -0.1) is 0 Å². The maximum absolute atomic E-state index is 12.2. The van der Waals surface area contributed by atoms with Crippen LogP contribution < -0.4 is 10.9 Å². The molecule has 168 valence electrons. The molecule has 2 aromatic rings. The molecule has 2 rings (SSSR count). The number of alkyl halides is 6. The third-order valence-corrected chi connectivity index (χ3v) is 3.76. The van der Waals surface area contributed by atoms with E-state index >= 15 is 0 Å². The standard InChI is InChI=1S/C9H10F3NO3.C8H8F3NO2/c1-5-2-7(15)8(16)6(3-14)13(5)4-9(10,11)12;1-5-2-6(13)7(14)3-12(5)4-8(9,10)11/h2,14,16H,3-4H2,1H3;2-3,14H,4H2,1H3. The molecular weight excluding hydrogens is 426 g/mol. The average Bonchev–Trinajstić information content (AvgIpc) is 2.56. The second-order valence-electron chi connectivity index (χ2n) is 6.21. The Labute approximate surface area is 165 Å². The van der Waals surface area contributed by atoms with Gasteiger partial charge in [-0.25, -0.2) is 0 Å². The van der Waals surface area contributed by atoms with Crippen LogP contribution in [0.2, 0.25) is 0 Å². The van der Waals surface area contributed by atoms with E-state index < -0.39 is 60.1 Å². The highest BCUT2D eigenvalue weighted by Crippen LogP contribution is 2.22. The van der Waals surface area contributed by atoms with Crippen LogP contribution >= 0.6 is 0 Å². The van der Waals surface area contributed by atoms with Crippen LogP contribution in [0.25, 0.3) is 0 Å². The molecule has 0 aliphatic rings. The Balaban J connectivity index is 0.000000303. The van der Waals surface area contributed by atoms with E-state index in [1.807, 2.05) is 0 Å². The largest absolute Gasteiger partial charge is 0.503 e. The van der Waals surface area contributed by atoms with Crippen LogP contribution in [-0.4, -0.2) is 36.8 Å². The summed E-state index contributed by atoms with van der Waals surface area (Å²) in [7, 11) is 0. The maximum atomic E-state index is 12.2. The molecular formula is C17H18F6N2O5. The lowest BCUT2D eigenvalue weighted by Crippen LogP contribution is -2.24. The van der Waals surface area contributed by atoms with Gasteiger partial charge in [0.1, 0.15) is 13.1 Å². The van der Waals surface area contributed by atoms with Crippen LogP contribution in [-0.2, 0) is 19.7 Å². The van der Waals surface area contributed by atoms with Crippen molar-refractivity contribution in [2.45, 2.75) is 45.9 Å². The van der Waals surface area contributed by atoms with Crippen LogP contribution in [0.4, 0.5) is 26.3 Å². The fourth-order valence-electron chi connectivity index (χ4n) is 2.40. The number of aromatic hydroxyl groups is 2. The van der Waals surface area contributed by atoms with E-state index in [0.717, 1.165) is 22.9 Å². The van der Waals surface area contributed by atoms with Gasteiger partial charge in [-0.3, -0.25) is 9.59 Å². The van der Waals surface area contributed by atoms with Crippen LogP contribution in [0, 0.1) is 13.8 Å². The molecule has 0 spiro atoms. The molecule has 0 aliphatic heterocycles. The molecule has 2 aromatic heterocycles. The number of aromatic nitrogens is 2. The van der Waals surface area contributed by atoms with Crippen molar-refractivity contribution in [3.8, 4) is 11.5 Å². The average molecular weight is 444 g/mol. The van der Waals surface area contributed by atoms with Crippen molar-refractivity contribution in [1.29, 1.82) is 0 Å². The van der Waals surface area contributed by atoms with Gasteiger partial charge in [-0.05, 0) is 13.8 Å². The third-order valence-electron chi connectivity index (χ3n) is 3.76. The minimum absolute atomic E-state index is 0.0316. The van der Waals surface area contributed by atoms with Gasteiger partial charge in [0, 0.05) is 23.5 Å². The molecule has 0 atom stereocenters. The summed E-state index contributed by atoms with van der Waals surface area (Å²) >= 11 is 0. The zero-order valence-electron chi connectivity index (χ0n) is 15.7. The second-order valence-corrected chi connectivity index (χ2v) is 6.21. The van der Waals surface area contributed by atoms with E-state index in [0.29, 0.717) is 4.57 Å². The van der Waals surface area contributed by atoms with Gasteiger partial charge in [-0.2, -0.15) is 26.3 Å². The molecule has 0 amide bonds. The van der Waals surface area contributed by atoms with E-state index in [-0.39, 0.29) is 11.4 Å². The molecule has 13 heteroatoms. The summed E-state index contributed by atoms with van der Waals surface area (Å²) in [4.78, 5) is 21.9. The molecule has 0 unspecified atom stereocenters. The molecule has 0 aliphatic carbocycles. The molecule has 7 nitrogen and oxygen atoms in total. The molecule has 0 saturated heterocycles. The summed E-state index contributed by atoms with van der Waals surface area (Å²) in [5.74, 6) is -1.53. The van der Waals surface area contributed by atoms with Crippen molar-refractivity contribution in [1.82, 2.24) is 9.13 Å². The molecule has 0 fully saturated rings. The minimum Gasteiger partial charge on any atom is -0.503 e. The van der Waals surface area contributed by atoms with Crippen molar-refractivity contribution in [3.63, 3.8) is 0 Å². The summed E-state index contributed by atoms with van der Waals surface area (Å²) in [5, 5.41) is 27.0. The SMILES string of the molecule is Cc1cc(=O)c(O)c(CO)n1CC(F)(F)F.Cc1cc(=O)c(O)cn1CC(F)(F)F. The number of aliphatic hydroxyl groups excluding tert-OH is 1. The number of pyridine rings is 2. The number of rotatable bonds is 3. The molecule has 0 aromatic carbocycles. The highest BCUT2D eigenvalue weighted by Gasteiger charge is 2.30. The highest BCUT2D eigenvalue weighted by molar-refractivity contribution is 5.29. The van der Waals surface area contributed by atoms with Crippen molar-refractivity contribution in [3.05, 3.63) is 55.9 Å². The van der Waals surface area contributed by atoms with Crippen LogP contribution in [0.3, 0.4) is 0 Å². The van der Waals surface area contributed by atoms with E-state index in [4.69, 9.17) is 10.2 Å². The topological polar surface area (TPSA) is 105 Å². The molecule has 0 saturated carbocycles. The Kier molecular flexibility index (Phi) is 7.72. The number of halogens is 6. The first kappa shape index (κ1) is 25.1. The summed E-state index contributed by atoms with van der Waals surface area (Å²) in [6, 6.07) is 1.85.